The molecule has 0 unspecified atom stereocenters. The van der Waals surface area contributed by atoms with Crippen molar-refractivity contribution in [1.29, 1.82) is 0 Å². The lowest BCUT2D eigenvalue weighted by Gasteiger charge is -2.23. The molecule has 160 valence electrons. The quantitative estimate of drug-likeness (QED) is 0.172. The highest BCUT2D eigenvalue weighted by Crippen LogP contribution is 2.41. The second-order valence-electron chi connectivity index (χ2n) is 6.67. The Morgan fingerprint density at radius 3 is 2.67 bits per heavy atom. The van der Waals surface area contributed by atoms with Gasteiger partial charge in [0.15, 0.2) is 0 Å². The molecular formula is C21H20F4N2OS2. The smallest absolute Gasteiger partial charge is 0.303 e. The number of benzene rings is 2. The van der Waals surface area contributed by atoms with Crippen LogP contribution in [0.15, 0.2) is 42.5 Å². The van der Waals surface area contributed by atoms with Gasteiger partial charge < -0.3 is 4.79 Å². The molecule has 0 saturated carbocycles. The van der Waals surface area contributed by atoms with Crippen molar-refractivity contribution in [2.45, 2.75) is 32.5 Å². The highest BCUT2D eigenvalue weighted by molar-refractivity contribution is 7.98. The molecule has 0 spiro atoms. The number of rotatable bonds is 9. The van der Waals surface area contributed by atoms with E-state index in [1.807, 2.05) is 35.5 Å². The molecule has 3 rings (SSSR count). The lowest BCUT2D eigenvalue weighted by Crippen LogP contribution is -2.21. The van der Waals surface area contributed by atoms with E-state index < -0.39 is 17.6 Å². The van der Waals surface area contributed by atoms with Gasteiger partial charge in [0.2, 0.25) is 0 Å². The van der Waals surface area contributed by atoms with E-state index in [1.165, 1.54) is 18.2 Å². The van der Waals surface area contributed by atoms with Crippen molar-refractivity contribution < 1.29 is 22.4 Å². The van der Waals surface area contributed by atoms with Crippen LogP contribution in [0.1, 0.15) is 29.5 Å². The summed E-state index contributed by atoms with van der Waals surface area (Å²) in [5.74, 6) is -1.28. The Kier molecular flexibility index (Phi) is 7.38. The van der Waals surface area contributed by atoms with Crippen LogP contribution in [0.4, 0.5) is 22.6 Å². The van der Waals surface area contributed by atoms with Crippen molar-refractivity contribution in [2.24, 2.45) is 0 Å². The largest absolute Gasteiger partial charge is 0.419 e. The van der Waals surface area contributed by atoms with Crippen LogP contribution < -0.4 is 9.03 Å². The molecule has 0 aliphatic carbocycles. The Bertz CT molecular complexity index is 1020. The summed E-state index contributed by atoms with van der Waals surface area (Å²) >= 11 is 2.81. The number of alkyl halides is 3. The van der Waals surface area contributed by atoms with Crippen LogP contribution in [-0.2, 0) is 17.5 Å². The first kappa shape index (κ1) is 22.6. The lowest BCUT2D eigenvalue weighted by molar-refractivity contribution is -0.140. The molecule has 3 aromatic rings. The normalized spacial score (nSPS) is 11.8. The zero-order chi connectivity index (χ0) is 21.7. The summed E-state index contributed by atoms with van der Waals surface area (Å²) in [7, 11) is 0. The average molecular weight is 457 g/mol. The maximum atomic E-state index is 13.7. The molecule has 3 nitrogen and oxygen atoms in total. The van der Waals surface area contributed by atoms with Gasteiger partial charge in [-0.25, -0.2) is 9.11 Å². The third kappa shape index (κ3) is 5.33. The SMILES string of the molecule is Cc1c(N(Cc2ccc(F)c(C(F)(F)F)c2)SNCCCC=O)sc2ccccc12. The first-order chi connectivity index (χ1) is 14.3. The van der Waals surface area contributed by atoms with E-state index in [1.54, 1.807) is 11.3 Å². The predicted molar refractivity (Wildman–Crippen MR) is 115 cm³/mol. The van der Waals surface area contributed by atoms with E-state index in [0.29, 0.717) is 24.9 Å². The van der Waals surface area contributed by atoms with E-state index in [9.17, 15) is 22.4 Å². The second-order valence-corrected chi connectivity index (χ2v) is 8.61. The summed E-state index contributed by atoms with van der Waals surface area (Å²) in [5.41, 5.74) is 0.107. The number of fused-ring (bicyclic) bond motifs is 1. The first-order valence-electron chi connectivity index (χ1n) is 9.26. The maximum Gasteiger partial charge on any atom is 0.419 e. The van der Waals surface area contributed by atoms with Gasteiger partial charge in [0.1, 0.15) is 17.1 Å². The molecule has 0 amide bonds. The van der Waals surface area contributed by atoms with Crippen LogP contribution in [0.5, 0.6) is 0 Å². The molecule has 0 saturated heterocycles. The monoisotopic (exact) mass is 456 g/mol. The Morgan fingerprint density at radius 2 is 1.97 bits per heavy atom. The molecule has 0 fully saturated rings. The van der Waals surface area contributed by atoms with Gasteiger partial charge in [-0.15, -0.1) is 11.3 Å². The molecule has 0 radical (unpaired) electrons. The van der Waals surface area contributed by atoms with Crippen molar-refractivity contribution in [1.82, 2.24) is 4.72 Å². The number of carbonyl (C=O) groups excluding carboxylic acids is 1. The Hall–Kier alpha value is -2.10. The molecule has 2 aromatic carbocycles. The van der Waals surface area contributed by atoms with E-state index in [0.717, 1.165) is 39.1 Å². The van der Waals surface area contributed by atoms with Crippen molar-refractivity contribution in [3.8, 4) is 0 Å². The van der Waals surface area contributed by atoms with Crippen LogP contribution >= 0.6 is 23.5 Å². The molecule has 0 aliphatic rings. The molecular weight excluding hydrogens is 436 g/mol. The fourth-order valence-corrected chi connectivity index (χ4v) is 5.14. The Morgan fingerprint density at radius 1 is 1.20 bits per heavy atom. The molecule has 30 heavy (non-hydrogen) atoms. The van der Waals surface area contributed by atoms with Gasteiger partial charge in [-0.3, -0.25) is 4.31 Å². The Labute approximate surface area is 180 Å². The van der Waals surface area contributed by atoms with Gasteiger partial charge in [-0.05, 0) is 48.1 Å². The number of aldehydes is 1. The van der Waals surface area contributed by atoms with Crippen molar-refractivity contribution >= 4 is 44.8 Å². The zero-order valence-electron chi connectivity index (χ0n) is 16.1. The van der Waals surface area contributed by atoms with Gasteiger partial charge in [0.05, 0.1) is 12.1 Å². The van der Waals surface area contributed by atoms with E-state index in [-0.39, 0.29) is 6.54 Å². The standard InChI is InChI=1S/C21H20F4N2OS2/c1-14-16-6-2-3-7-19(16)29-20(14)27(30-26-10-4-5-11-28)13-15-8-9-18(22)17(12-15)21(23,24)25/h2-3,6-9,11-12,26H,4-5,10,13H2,1H3. The number of thiophene rings is 1. The molecule has 1 N–H and O–H groups in total. The molecule has 9 heteroatoms. The van der Waals surface area contributed by atoms with Crippen molar-refractivity contribution in [2.75, 3.05) is 10.8 Å². The molecule has 0 bridgehead atoms. The van der Waals surface area contributed by atoms with Crippen LogP contribution in [0.25, 0.3) is 10.1 Å². The summed E-state index contributed by atoms with van der Waals surface area (Å²) < 4.78 is 59.1. The summed E-state index contributed by atoms with van der Waals surface area (Å²) in [5, 5.41) is 1.99. The topological polar surface area (TPSA) is 32.3 Å². The van der Waals surface area contributed by atoms with E-state index in [2.05, 4.69) is 4.72 Å². The number of carbonyl (C=O) groups is 1. The van der Waals surface area contributed by atoms with Crippen molar-refractivity contribution in [3.63, 3.8) is 0 Å². The Balaban J connectivity index is 1.89. The van der Waals surface area contributed by atoms with Gasteiger partial charge in [-0.2, -0.15) is 13.2 Å². The zero-order valence-corrected chi connectivity index (χ0v) is 17.8. The number of nitrogens with one attached hydrogen (secondary N) is 1. The minimum atomic E-state index is -4.75. The van der Waals surface area contributed by atoms with Gasteiger partial charge in [0.25, 0.3) is 0 Å². The minimum Gasteiger partial charge on any atom is -0.303 e. The molecule has 0 atom stereocenters. The minimum absolute atomic E-state index is 0.155. The van der Waals surface area contributed by atoms with Gasteiger partial charge >= 0.3 is 6.18 Å². The number of nitrogens with zero attached hydrogens (tertiary/aromatic N) is 1. The summed E-state index contributed by atoms with van der Waals surface area (Å²) in [6.07, 6.45) is -2.82. The fraction of sp³-hybridized carbons (Fsp3) is 0.286. The van der Waals surface area contributed by atoms with Gasteiger partial charge in [0, 0.05) is 29.8 Å². The highest BCUT2D eigenvalue weighted by atomic mass is 32.2. The number of hydrogen-bond donors (Lipinski definition) is 1. The summed E-state index contributed by atoms with van der Waals surface area (Å²) in [6, 6.07) is 11.0. The molecule has 1 heterocycles. The average Bonchev–Trinajstić information content (AvgIpc) is 3.04. The van der Waals surface area contributed by atoms with Crippen LogP contribution in [0.2, 0.25) is 0 Å². The van der Waals surface area contributed by atoms with E-state index >= 15 is 0 Å². The van der Waals surface area contributed by atoms with Crippen LogP contribution in [0.3, 0.4) is 0 Å². The van der Waals surface area contributed by atoms with Crippen LogP contribution in [0, 0.1) is 12.7 Å². The molecule has 1 aromatic heterocycles. The second kappa shape index (κ2) is 9.80. The lowest BCUT2D eigenvalue weighted by atomic mass is 10.1. The van der Waals surface area contributed by atoms with E-state index in [4.69, 9.17) is 0 Å². The highest BCUT2D eigenvalue weighted by Gasteiger charge is 2.34. The number of halogens is 4. The molecule has 0 aliphatic heterocycles. The van der Waals surface area contributed by atoms with Crippen LogP contribution in [-0.4, -0.2) is 12.8 Å². The van der Waals surface area contributed by atoms with Crippen molar-refractivity contribution in [3.05, 3.63) is 65.0 Å². The number of aryl methyl sites for hydroxylation is 1. The third-order valence-electron chi connectivity index (χ3n) is 4.48. The summed E-state index contributed by atoms with van der Waals surface area (Å²) in [6.45, 7) is 2.70. The fourth-order valence-electron chi connectivity index (χ4n) is 2.98. The maximum absolute atomic E-state index is 13.7. The van der Waals surface area contributed by atoms with Gasteiger partial charge in [-0.1, -0.05) is 24.3 Å². The number of hydrogen-bond acceptors (Lipinski definition) is 5. The first-order valence-corrected chi connectivity index (χ1v) is 10.8. The number of anilines is 1. The number of unbranched alkanes of at least 4 members (excludes halogenated alkanes) is 1. The predicted octanol–water partition coefficient (Wildman–Crippen LogP) is 6.51. The summed E-state index contributed by atoms with van der Waals surface area (Å²) in [4.78, 5) is 10.5. The third-order valence-corrected chi connectivity index (χ3v) is 6.76.